The number of nitrogens with zero attached hydrogens (tertiary/aromatic N) is 4. The number of morpholine rings is 1. The van der Waals surface area contributed by atoms with E-state index in [2.05, 4.69) is 27.0 Å². The Balaban J connectivity index is 1.38. The van der Waals surface area contributed by atoms with Gasteiger partial charge in [0.1, 0.15) is 6.54 Å². The highest BCUT2D eigenvalue weighted by molar-refractivity contribution is 5.96. The minimum absolute atomic E-state index is 0.00885. The summed E-state index contributed by atoms with van der Waals surface area (Å²) in [5, 5.41) is 4.00. The van der Waals surface area contributed by atoms with Crippen LogP contribution >= 0.6 is 0 Å². The fourth-order valence-electron chi connectivity index (χ4n) is 3.76. The quantitative estimate of drug-likeness (QED) is 0.849. The van der Waals surface area contributed by atoms with Crippen molar-refractivity contribution in [3.05, 3.63) is 30.5 Å². The number of urea groups is 1. The predicted molar refractivity (Wildman–Crippen MR) is 107 cm³/mol. The van der Waals surface area contributed by atoms with Crippen LogP contribution in [0.1, 0.15) is 6.92 Å². The first kappa shape index (κ1) is 18.8. The van der Waals surface area contributed by atoms with Gasteiger partial charge in [0.25, 0.3) is 0 Å². The lowest BCUT2D eigenvalue weighted by Gasteiger charge is -2.26. The zero-order valence-corrected chi connectivity index (χ0v) is 16.3. The van der Waals surface area contributed by atoms with Crippen molar-refractivity contribution in [1.82, 2.24) is 19.3 Å². The second-order valence-corrected chi connectivity index (χ2v) is 7.26. The molecule has 3 heterocycles. The van der Waals surface area contributed by atoms with E-state index in [1.807, 2.05) is 25.1 Å². The Kier molecular flexibility index (Phi) is 5.50. The first-order valence-electron chi connectivity index (χ1n) is 9.87. The molecule has 0 spiro atoms. The summed E-state index contributed by atoms with van der Waals surface area (Å²) in [7, 11) is 0. The van der Waals surface area contributed by atoms with Crippen molar-refractivity contribution in [3.63, 3.8) is 0 Å². The van der Waals surface area contributed by atoms with Gasteiger partial charge in [0, 0.05) is 55.5 Å². The fourth-order valence-corrected chi connectivity index (χ4v) is 3.76. The summed E-state index contributed by atoms with van der Waals surface area (Å²) in [5.41, 5.74) is 1.89. The van der Waals surface area contributed by atoms with Crippen molar-refractivity contribution in [2.24, 2.45) is 0 Å². The second-order valence-electron chi connectivity index (χ2n) is 7.26. The van der Waals surface area contributed by atoms with Gasteiger partial charge in [-0.25, -0.2) is 4.79 Å². The average molecular weight is 385 g/mol. The number of amides is 3. The first-order chi connectivity index (χ1) is 13.6. The molecular weight excluding hydrogens is 358 g/mol. The molecule has 0 atom stereocenters. The van der Waals surface area contributed by atoms with Crippen molar-refractivity contribution in [2.45, 2.75) is 13.5 Å². The molecule has 2 aliphatic heterocycles. The number of aromatic nitrogens is 1. The van der Waals surface area contributed by atoms with Crippen LogP contribution in [0.15, 0.2) is 30.5 Å². The number of anilines is 1. The van der Waals surface area contributed by atoms with Crippen LogP contribution in [0.2, 0.25) is 0 Å². The molecule has 0 radical (unpaired) electrons. The van der Waals surface area contributed by atoms with Crippen LogP contribution in [0.3, 0.4) is 0 Å². The molecule has 28 heavy (non-hydrogen) atoms. The van der Waals surface area contributed by atoms with Gasteiger partial charge in [-0.2, -0.15) is 0 Å². The van der Waals surface area contributed by atoms with Crippen LogP contribution in [-0.2, 0) is 16.1 Å². The smallest absolute Gasteiger partial charge is 0.323 e. The van der Waals surface area contributed by atoms with Crippen molar-refractivity contribution in [2.75, 3.05) is 57.9 Å². The van der Waals surface area contributed by atoms with Crippen LogP contribution in [0.5, 0.6) is 0 Å². The predicted octanol–water partition coefficient (Wildman–Crippen LogP) is 1.63. The standard InChI is InChI=1S/C20H27N5O3/c1-2-23-15-25(14-19(23)26)20(27)21-17-3-4-18-16(13-17)5-6-24(18)8-7-22-9-11-28-12-10-22/h3-6,13H,2,7-12,14-15H2,1H3,(H,21,27). The molecule has 8 nitrogen and oxygen atoms in total. The fraction of sp³-hybridized carbons (Fsp3) is 0.500. The number of benzene rings is 1. The highest BCUT2D eigenvalue weighted by Crippen LogP contribution is 2.21. The highest BCUT2D eigenvalue weighted by atomic mass is 16.5. The normalized spacial score (nSPS) is 18.2. The van der Waals surface area contributed by atoms with Crippen molar-refractivity contribution in [3.8, 4) is 0 Å². The van der Waals surface area contributed by atoms with E-state index in [0.29, 0.717) is 13.2 Å². The zero-order valence-electron chi connectivity index (χ0n) is 16.3. The summed E-state index contributed by atoms with van der Waals surface area (Å²) in [6.45, 7) is 8.56. The van der Waals surface area contributed by atoms with E-state index in [-0.39, 0.29) is 18.5 Å². The number of nitrogens with one attached hydrogen (secondary N) is 1. The SMILES string of the molecule is CCN1CN(C(=O)Nc2ccc3c(ccn3CCN3CCOCC3)c2)CC1=O. The van der Waals surface area contributed by atoms with E-state index in [1.54, 1.807) is 4.90 Å². The van der Waals surface area contributed by atoms with Crippen molar-refractivity contribution in [1.29, 1.82) is 0 Å². The molecular formula is C20H27N5O3. The molecule has 2 aliphatic rings. The third-order valence-electron chi connectivity index (χ3n) is 5.47. The van der Waals surface area contributed by atoms with E-state index in [4.69, 9.17) is 4.74 Å². The van der Waals surface area contributed by atoms with Gasteiger partial charge < -0.3 is 19.5 Å². The van der Waals surface area contributed by atoms with Crippen LogP contribution in [0.25, 0.3) is 10.9 Å². The molecule has 0 bridgehead atoms. The van der Waals surface area contributed by atoms with Crippen molar-refractivity contribution < 1.29 is 14.3 Å². The summed E-state index contributed by atoms with van der Waals surface area (Å²) in [5.74, 6) is -0.00885. The number of rotatable bonds is 5. The minimum Gasteiger partial charge on any atom is -0.379 e. The first-order valence-corrected chi connectivity index (χ1v) is 9.87. The van der Waals surface area contributed by atoms with E-state index in [1.165, 1.54) is 4.90 Å². The van der Waals surface area contributed by atoms with Crippen LogP contribution < -0.4 is 5.32 Å². The maximum Gasteiger partial charge on any atom is 0.323 e. The lowest BCUT2D eigenvalue weighted by atomic mass is 10.2. The molecule has 3 amide bonds. The molecule has 1 aromatic carbocycles. The number of ether oxygens (including phenoxy) is 1. The molecule has 1 N–H and O–H groups in total. The highest BCUT2D eigenvalue weighted by Gasteiger charge is 2.29. The Morgan fingerprint density at radius 2 is 2.00 bits per heavy atom. The summed E-state index contributed by atoms with van der Waals surface area (Å²) in [4.78, 5) is 29.9. The zero-order chi connectivity index (χ0) is 19.5. The molecule has 0 saturated carbocycles. The van der Waals surface area contributed by atoms with E-state index in [9.17, 15) is 9.59 Å². The molecule has 2 saturated heterocycles. The Hall–Kier alpha value is -2.58. The van der Waals surface area contributed by atoms with Crippen LogP contribution in [-0.4, -0.2) is 83.8 Å². The largest absolute Gasteiger partial charge is 0.379 e. The van der Waals surface area contributed by atoms with Crippen molar-refractivity contribution >= 4 is 28.5 Å². The molecule has 4 rings (SSSR count). The number of likely N-dealkylation sites (N-methyl/N-ethyl adjacent to an activating group) is 1. The van der Waals surface area contributed by atoms with E-state index >= 15 is 0 Å². The Morgan fingerprint density at radius 1 is 1.18 bits per heavy atom. The monoisotopic (exact) mass is 385 g/mol. The molecule has 2 aromatic rings. The molecule has 150 valence electrons. The van der Waals surface area contributed by atoms with Gasteiger partial charge in [-0.15, -0.1) is 0 Å². The summed E-state index contributed by atoms with van der Waals surface area (Å²) < 4.78 is 7.64. The lowest BCUT2D eigenvalue weighted by Crippen LogP contribution is -2.38. The Labute approximate surface area is 164 Å². The van der Waals surface area contributed by atoms with Crippen LogP contribution in [0.4, 0.5) is 10.5 Å². The molecule has 1 aromatic heterocycles. The van der Waals surface area contributed by atoms with Gasteiger partial charge in [0.2, 0.25) is 5.91 Å². The summed E-state index contributed by atoms with van der Waals surface area (Å²) in [6.07, 6.45) is 2.09. The van der Waals surface area contributed by atoms with E-state index in [0.717, 1.165) is 56.0 Å². The van der Waals surface area contributed by atoms with Gasteiger partial charge in [0.05, 0.1) is 19.9 Å². The number of carbonyl (C=O) groups excluding carboxylic acids is 2. The van der Waals surface area contributed by atoms with Gasteiger partial charge in [-0.1, -0.05) is 0 Å². The topological polar surface area (TPSA) is 70.1 Å². The van der Waals surface area contributed by atoms with Gasteiger partial charge >= 0.3 is 6.03 Å². The van der Waals surface area contributed by atoms with Gasteiger partial charge in [-0.3, -0.25) is 14.6 Å². The van der Waals surface area contributed by atoms with Crippen LogP contribution in [0, 0.1) is 0 Å². The molecule has 0 unspecified atom stereocenters. The van der Waals surface area contributed by atoms with Gasteiger partial charge in [-0.05, 0) is 31.2 Å². The average Bonchev–Trinajstić information content (AvgIpc) is 3.30. The summed E-state index contributed by atoms with van der Waals surface area (Å²) in [6, 6.07) is 7.77. The maximum atomic E-state index is 12.5. The number of hydrogen-bond donors (Lipinski definition) is 1. The maximum absolute atomic E-state index is 12.5. The number of hydrogen-bond acceptors (Lipinski definition) is 4. The molecule has 0 aliphatic carbocycles. The molecule has 2 fully saturated rings. The molecule has 8 heteroatoms. The minimum atomic E-state index is -0.240. The number of carbonyl (C=O) groups is 2. The third-order valence-corrected chi connectivity index (χ3v) is 5.47. The second kappa shape index (κ2) is 8.20. The third kappa shape index (κ3) is 3.98. The summed E-state index contributed by atoms with van der Waals surface area (Å²) >= 11 is 0. The lowest BCUT2D eigenvalue weighted by molar-refractivity contribution is -0.126. The van der Waals surface area contributed by atoms with Gasteiger partial charge in [0.15, 0.2) is 0 Å². The Bertz CT molecular complexity index is 859. The Morgan fingerprint density at radius 3 is 2.75 bits per heavy atom. The van der Waals surface area contributed by atoms with E-state index < -0.39 is 0 Å². The number of fused-ring (bicyclic) bond motifs is 1.